The lowest BCUT2D eigenvalue weighted by Crippen LogP contribution is -2.20. The molecular formula is C19H17N3O3S. The highest BCUT2D eigenvalue weighted by atomic mass is 32.1. The number of benzene rings is 2. The Labute approximate surface area is 154 Å². The second-order valence-corrected chi connectivity index (χ2v) is 6.54. The van der Waals surface area contributed by atoms with E-state index in [1.165, 1.54) is 11.3 Å². The standard InChI is InChI=1S/C19H17N3O3S/c1-12-17(26-19(21-12)13-6-3-2-4-7-13)18(24)22-14-8-5-9-15(10-14)25-11-16(20)23/h2-10H,11H2,1H3,(H2,20,23)(H,22,24). The Morgan fingerprint density at radius 1 is 1.15 bits per heavy atom. The first kappa shape index (κ1) is 17.6. The third-order valence-electron chi connectivity index (χ3n) is 3.50. The molecule has 26 heavy (non-hydrogen) atoms. The van der Waals surface area contributed by atoms with Crippen molar-refractivity contribution in [1.82, 2.24) is 4.98 Å². The van der Waals surface area contributed by atoms with Crippen molar-refractivity contribution in [3.8, 4) is 16.3 Å². The number of nitrogens with zero attached hydrogens (tertiary/aromatic N) is 1. The molecule has 1 aromatic heterocycles. The number of amides is 2. The van der Waals surface area contributed by atoms with Crippen LogP contribution in [0.15, 0.2) is 54.6 Å². The van der Waals surface area contributed by atoms with E-state index in [0.717, 1.165) is 10.6 Å². The van der Waals surface area contributed by atoms with E-state index in [0.29, 0.717) is 22.0 Å². The Morgan fingerprint density at radius 2 is 1.92 bits per heavy atom. The molecule has 7 heteroatoms. The second-order valence-electron chi connectivity index (χ2n) is 5.54. The summed E-state index contributed by atoms with van der Waals surface area (Å²) < 4.78 is 5.25. The van der Waals surface area contributed by atoms with E-state index in [1.807, 2.05) is 37.3 Å². The van der Waals surface area contributed by atoms with Crippen molar-refractivity contribution in [2.45, 2.75) is 6.92 Å². The molecule has 0 bridgehead atoms. The second kappa shape index (κ2) is 7.79. The van der Waals surface area contributed by atoms with Crippen LogP contribution >= 0.6 is 11.3 Å². The zero-order valence-corrected chi connectivity index (χ0v) is 14.9. The predicted octanol–water partition coefficient (Wildman–Crippen LogP) is 3.23. The normalized spacial score (nSPS) is 10.3. The summed E-state index contributed by atoms with van der Waals surface area (Å²) in [6.07, 6.45) is 0. The monoisotopic (exact) mass is 367 g/mol. The van der Waals surface area contributed by atoms with Crippen LogP contribution in [0.4, 0.5) is 5.69 Å². The van der Waals surface area contributed by atoms with Gasteiger partial charge < -0.3 is 15.8 Å². The van der Waals surface area contributed by atoms with Crippen LogP contribution in [0.5, 0.6) is 5.75 Å². The fourth-order valence-corrected chi connectivity index (χ4v) is 3.28. The van der Waals surface area contributed by atoms with Crippen LogP contribution in [0.1, 0.15) is 15.4 Å². The molecule has 0 radical (unpaired) electrons. The molecule has 0 fully saturated rings. The number of hydrogen-bond donors (Lipinski definition) is 2. The van der Waals surface area contributed by atoms with E-state index in [2.05, 4.69) is 10.3 Å². The van der Waals surface area contributed by atoms with Gasteiger partial charge in [0, 0.05) is 17.3 Å². The van der Waals surface area contributed by atoms with E-state index in [-0.39, 0.29) is 12.5 Å². The van der Waals surface area contributed by atoms with Gasteiger partial charge in [-0.05, 0) is 19.1 Å². The smallest absolute Gasteiger partial charge is 0.267 e. The van der Waals surface area contributed by atoms with E-state index >= 15 is 0 Å². The quantitative estimate of drug-likeness (QED) is 0.699. The minimum absolute atomic E-state index is 0.216. The molecule has 0 aliphatic heterocycles. The predicted molar refractivity (Wildman–Crippen MR) is 101 cm³/mol. The molecule has 3 aromatic rings. The molecule has 0 aliphatic carbocycles. The van der Waals surface area contributed by atoms with Gasteiger partial charge >= 0.3 is 0 Å². The first-order valence-electron chi connectivity index (χ1n) is 7.88. The maximum atomic E-state index is 12.6. The third-order valence-corrected chi connectivity index (χ3v) is 4.70. The van der Waals surface area contributed by atoms with Crippen molar-refractivity contribution in [2.75, 3.05) is 11.9 Å². The Kier molecular flexibility index (Phi) is 5.28. The molecule has 1 heterocycles. The fourth-order valence-electron chi connectivity index (χ4n) is 2.32. The van der Waals surface area contributed by atoms with Crippen molar-refractivity contribution in [2.24, 2.45) is 5.73 Å². The maximum absolute atomic E-state index is 12.6. The van der Waals surface area contributed by atoms with Crippen molar-refractivity contribution in [3.63, 3.8) is 0 Å². The lowest BCUT2D eigenvalue weighted by Gasteiger charge is -2.07. The third kappa shape index (κ3) is 4.25. The molecule has 0 saturated heterocycles. The summed E-state index contributed by atoms with van der Waals surface area (Å²) in [4.78, 5) is 28.4. The number of hydrogen-bond acceptors (Lipinski definition) is 5. The zero-order chi connectivity index (χ0) is 18.5. The Balaban J connectivity index is 1.75. The number of rotatable bonds is 6. The summed E-state index contributed by atoms with van der Waals surface area (Å²) in [5.41, 5.74) is 7.27. The van der Waals surface area contributed by atoms with Crippen molar-refractivity contribution in [3.05, 3.63) is 65.2 Å². The van der Waals surface area contributed by atoms with Gasteiger partial charge in [-0.25, -0.2) is 4.98 Å². The summed E-state index contributed by atoms with van der Waals surface area (Å²) in [5, 5.41) is 3.63. The van der Waals surface area contributed by atoms with Crippen molar-refractivity contribution < 1.29 is 14.3 Å². The van der Waals surface area contributed by atoms with Crippen LogP contribution < -0.4 is 15.8 Å². The van der Waals surface area contributed by atoms with E-state index < -0.39 is 5.91 Å². The maximum Gasteiger partial charge on any atom is 0.267 e. The van der Waals surface area contributed by atoms with Crippen LogP contribution in [-0.4, -0.2) is 23.4 Å². The van der Waals surface area contributed by atoms with Gasteiger partial charge in [0.2, 0.25) is 0 Å². The average molecular weight is 367 g/mol. The Bertz CT molecular complexity index is 938. The van der Waals surface area contributed by atoms with Gasteiger partial charge in [0.25, 0.3) is 11.8 Å². The minimum Gasteiger partial charge on any atom is -0.484 e. The average Bonchev–Trinajstić information content (AvgIpc) is 3.03. The SMILES string of the molecule is Cc1nc(-c2ccccc2)sc1C(=O)Nc1cccc(OCC(N)=O)c1. The summed E-state index contributed by atoms with van der Waals surface area (Å²) >= 11 is 1.34. The van der Waals surface area contributed by atoms with Gasteiger partial charge in [-0.3, -0.25) is 9.59 Å². The molecule has 132 valence electrons. The lowest BCUT2D eigenvalue weighted by molar-refractivity contribution is -0.119. The number of thiazole rings is 1. The van der Waals surface area contributed by atoms with Gasteiger partial charge in [-0.1, -0.05) is 36.4 Å². The number of anilines is 1. The van der Waals surface area contributed by atoms with E-state index in [4.69, 9.17) is 10.5 Å². The van der Waals surface area contributed by atoms with Crippen LogP contribution in [0.25, 0.3) is 10.6 Å². The van der Waals surface area contributed by atoms with Crippen LogP contribution in [0.3, 0.4) is 0 Å². The molecule has 0 spiro atoms. The minimum atomic E-state index is -0.562. The molecule has 6 nitrogen and oxygen atoms in total. The van der Waals surface area contributed by atoms with E-state index in [1.54, 1.807) is 24.3 Å². The van der Waals surface area contributed by atoms with Gasteiger partial charge in [0.15, 0.2) is 6.61 Å². The van der Waals surface area contributed by atoms with Crippen LogP contribution in [0.2, 0.25) is 0 Å². The van der Waals surface area contributed by atoms with Crippen molar-refractivity contribution in [1.29, 1.82) is 0 Å². The van der Waals surface area contributed by atoms with Crippen LogP contribution in [0, 0.1) is 6.92 Å². The van der Waals surface area contributed by atoms with Gasteiger partial charge in [0.05, 0.1) is 5.69 Å². The number of nitrogens with one attached hydrogen (secondary N) is 1. The number of aromatic nitrogens is 1. The summed E-state index contributed by atoms with van der Waals surface area (Å²) in [6.45, 7) is 1.59. The summed E-state index contributed by atoms with van der Waals surface area (Å²) in [6, 6.07) is 16.5. The number of primary amides is 1. The van der Waals surface area contributed by atoms with Gasteiger partial charge in [0.1, 0.15) is 15.6 Å². The van der Waals surface area contributed by atoms with E-state index in [9.17, 15) is 9.59 Å². The largest absolute Gasteiger partial charge is 0.484 e. The molecular weight excluding hydrogens is 350 g/mol. The highest BCUT2D eigenvalue weighted by Gasteiger charge is 2.16. The molecule has 2 aromatic carbocycles. The molecule has 3 rings (SSSR count). The van der Waals surface area contributed by atoms with Crippen LogP contribution in [-0.2, 0) is 4.79 Å². The fraction of sp³-hybridized carbons (Fsp3) is 0.105. The highest BCUT2D eigenvalue weighted by Crippen LogP contribution is 2.28. The summed E-state index contributed by atoms with van der Waals surface area (Å²) in [5.74, 6) is -0.352. The topological polar surface area (TPSA) is 94.3 Å². The molecule has 0 saturated carbocycles. The summed E-state index contributed by atoms with van der Waals surface area (Å²) in [7, 11) is 0. The number of carbonyl (C=O) groups is 2. The molecule has 0 atom stereocenters. The highest BCUT2D eigenvalue weighted by molar-refractivity contribution is 7.17. The Morgan fingerprint density at radius 3 is 2.65 bits per heavy atom. The molecule has 0 unspecified atom stereocenters. The first-order chi connectivity index (χ1) is 12.5. The number of aryl methyl sites for hydroxylation is 1. The Hall–Kier alpha value is -3.19. The molecule has 3 N–H and O–H groups in total. The lowest BCUT2D eigenvalue weighted by atomic mass is 10.2. The first-order valence-corrected chi connectivity index (χ1v) is 8.70. The van der Waals surface area contributed by atoms with Crippen molar-refractivity contribution >= 4 is 28.8 Å². The number of carbonyl (C=O) groups excluding carboxylic acids is 2. The number of nitrogens with two attached hydrogens (primary N) is 1. The molecule has 0 aliphatic rings. The number of ether oxygens (including phenoxy) is 1. The zero-order valence-electron chi connectivity index (χ0n) is 14.1. The molecule has 2 amide bonds. The van der Waals surface area contributed by atoms with Gasteiger partial charge in [-0.15, -0.1) is 11.3 Å². The van der Waals surface area contributed by atoms with Gasteiger partial charge in [-0.2, -0.15) is 0 Å².